The molecular weight excluding hydrogens is 180 g/mol. The third-order valence-corrected chi connectivity index (χ3v) is 2.23. The minimum atomic E-state index is 0.623. The molecule has 0 radical (unpaired) electrons. The van der Waals surface area contributed by atoms with E-state index < -0.39 is 0 Å². The maximum Gasteiger partial charge on any atom is 0.188 e. The van der Waals surface area contributed by atoms with E-state index in [1.165, 1.54) is 0 Å². The summed E-state index contributed by atoms with van der Waals surface area (Å²) in [6.07, 6.45) is 1.81. The van der Waals surface area contributed by atoms with Crippen molar-refractivity contribution >= 4 is 28.8 Å². The fraction of sp³-hybridized carbons (Fsp3) is 0. The third kappa shape index (κ3) is 1.32. The Hall–Kier alpha value is -1.66. The highest BCUT2D eigenvalue weighted by molar-refractivity contribution is 7.71. The van der Waals surface area contributed by atoms with Gasteiger partial charge in [-0.05, 0) is 18.2 Å². The van der Waals surface area contributed by atoms with E-state index in [0.717, 1.165) is 15.4 Å². The Balaban J connectivity index is 2.92. The molecule has 0 aliphatic heterocycles. The van der Waals surface area contributed by atoms with Crippen LogP contribution in [0.3, 0.4) is 0 Å². The van der Waals surface area contributed by atoms with Gasteiger partial charge in [0.25, 0.3) is 0 Å². The molecule has 1 N–H and O–H groups in total. The summed E-state index contributed by atoms with van der Waals surface area (Å²) in [4.78, 5) is 6.42. The van der Waals surface area contributed by atoms with Crippen molar-refractivity contribution in [1.82, 2.24) is 4.98 Å². The average molecular weight is 186 g/mol. The van der Waals surface area contributed by atoms with Crippen LogP contribution in [0.4, 0.5) is 5.69 Å². The summed E-state index contributed by atoms with van der Waals surface area (Å²) >= 11 is 5.14. The van der Waals surface area contributed by atoms with Gasteiger partial charge in [-0.2, -0.15) is 0 Å². The molecule has 2 nitrogen and oxygen atoms in total. The summed E-state index contributed by atoms with van der Waals surface area (Å²) in [5.74, 6) is 0. The molecule has 2 rings (SSSR count). The van der Waals surface area contributed by atoms with Crippen LogP contribution in [0.15, 0.2) is 30.5 Å². The number of pyridine rings is 1. The summed E-state index contributed by atoms with van der Waals surface area (Å²) in [6, 6.07) is 7.28. The van der Waals surface area contributed by atoms with Gasteiger partial charge < -0.3 is 4.98 Å². The molecule has 0 saturated heterocycles. The van der Waals surface area contributed by atoms with Gasteiger partial charge in [-0.1, -0.05) is 18.3 Å². The van der Waals surface area contributed by atoms with Gasteiger partial charge in [0.05, 0.1) is 6.57 Å². The lowest BCUT2D eigenvalue weighted by Crippen LogP contribution is -1.77. The molecular formula is C10H6N2S. The largest absolute Gasteiger partial charge is 0.361 e. The summed E-state index contributed by atoms with van der Waals surface area (Å²) < 4.78 is 0.777. The lowest BCUT2D eigenvalue weighted by Gasteiger charge is -1.97. The number of hydrogen-bond acceptors (Lipinski definition) is 1. The van der Waals surface area contributed by atoms with Crippen LogP contribution in [0.25, 0.3) is 15.7 Å². The lowest BCUT2D eigenvalue weighted by molar-refractivity contribution is 1.41. The van der Waals surface area contributed by atoms with Crippen LogP contribution >= 0.6 is 12.2 Å². The number of fused-ring (bicyclic) bond motifs is 1. The van der Waals surface area contributed by atoms with E-state index in [1.807, 2.05) is 18.3 Å². The normalized spacial score (nSPS) is 9.77. The van der Waals surface area contributed by atoms with E-state index in [4.69, 9.17) is 18.8 Å². The zero-order valence-electron chi connectivity index (χ0n) is 6.74. The van der Waals surface area contributed by atoms with Crippen molar-refractivity contribution in [1.29, 1.82) is 0 Å². The molecule has 0 aliphatic rings. The Morgan fingerprint density at radius 1 is 1.31 bits per heavy atom. The first kappa shape index (κ1) is 7.96. The number of nitrogens with zero attached hydrogens (tertiary/aromatic N) is 1. The van der Waals surface area contributed by atoms with Crippen molar-refractivity contribution in [3.63, 3.8) is 0 Å². The average Bonchev–Trinajstić information content (AvgIpc) is 2.18. The van der Waals surface area contributed by atoms with Crippen LogP contribution in [0, 0.1) is 11.1 Å². The molecule has 0 atom stereocenters. The van der Waals surface area contributed by atoms with Gasteiger partial charge in [0.15, 0.2) is 5.69 Å². The number of benzene rings is 1. The molecule has 0 amide bonds. The molecule has 0 bridgehead atoms. The van der Waals surface area contributed by atoms with Crippen molar-refractivity contribution in [2.45, 2.75) is 0 Å². The SMILES string of the molecule is [C-]#[N+]c1ccc2[nH]ccc(=S)c2c1. The zero-order valence-corrected chi connectivity index (χ0v) is 7.56. The third-order valence-electron chi connectivity index (χ3n) is 1.87. The Bertz CT molecular complexity index is 549. The molecule has 0 aliphatic carbocycles. The molecule has 1 aromatic heterocycles. The fourth-order valence-electron chi connectivity index (χ4n) is 1.23. The number of aromatic nitrogens is 1. The van der Waals surface area contributed by atoms with E-state index >= 15 is 0 Å². The van der Waals surface area contributed by atoms with Crippen LogP contribution in [0.2, 0.25) is 0 Å². The smallest absolute Gasteiger partial charge is 0.188 e. The highest BCUT2D eigenvalue weighted by Crippen LogP contribution is 2.20. The van der Waals surface area contributed by atoms with Crippen LogP contribution in [0.1, 0.15) is 0 Å². The molecule has 0 saturated carbocycles. The van der Waals surface area contributed by atoms with Gasteiger partial charge in [0.1, 0.15) is 0 Å². The van der Waals surface area contributed by atoms with Crippen molar-refractivity contribution in [2.24, 2.45) is 0 Å². The van der Waals surface area contributed by atoms with Gasteiger partial charge in [-0.25, -0.2) is 4.85 Å². The maximum atomic E-state index is 6.87. The standard InChI is InChI=1S/C10H6N2S/c1-11-7-2-3-9-8(6-7)10(13)4-5-12-9/h2-6H,(H,12,13). The Kier molecular flexibility index (Phi) is 1.84. The topological polar surface area (TPSA) is 20.1 Å². The highest BCUT2D eigenvalue weighted by atomic mass is 32.1. The first-order valence-corrected chi connectivity index (χ1v) is 4.21. The number of aromatic amines is 1. The maximum absolute atomic E-state index is 6.87. The van der Waals surface area contributed by atoms with Crippen molar-refractivity contribution in [2.75, 3.05) is 0 Å². The first-order valence-electron chi connectivity index (χ1n) is 3.80. The van der Waals surface area contributed by atoms with E-state index in [0.29, 0.717) is 5.69 Å². The summed E-state index contributed by atoms with van der Waals surface area (Å²) in [5, 5.41) is 0.936. The lowest BCUT2D eigenvalue weighted by atomic mass is 10.2. The monoisotopic (exact) mass is 186 g/mol. The predicted octanol–water partition coefficient (Wildman–Crippen LogP) is 3.45. The molecule has 0 spiro atoms. The van der Waals surface area contributed by atoms with E-state index in [2.05, 4.69) is 9.83 Å². The highest BCUT2D eigenvalue weighted by Gasteiger charge is 1.96. The second-order valence-corrected chi connectivity index (χ2v) is 3.12. The van der Waals surface area contributed by atoms with Crippen LogP contribution < -0.4 is 0 Å². The van der Waals surface area contributed by atoms with E-state index in [1.54, 1.807) is 12.1 Å². The molecule has 1 heterocycles. The molecule has 2 aromatic rings. The molecule has 3 heteroatoms. The second kappa shape index (κ2) is 3.00. The van der Waals surface area contributed by atoms with E-state index in [9.17, 15) is 0 Å². The number of hydrogen-bond donors (Lipinski definition) is 1. The molecule has 62 valence electrons. The Labute approximate surface area is 80.7 Å². The van der Waals surface area contributed by atoms with Gasteiger partial charge in [-0.3, -0.25) is 0 Å². The van der Waals surface area contributed by atoms with Gasteiger partial charge in [0.2, 0.25) is 0 Å². The molecule has 1 aromatic carbocycles. The van der Waals surface area contributed by atoms with Gasteiger partial charge in [0, 0.05) is 21.6 Å². The number of H-pyrrole nitrogens is 1. The van der Waals surface area contributed by atoms with Gasteiger partial charge in [-0.15, -0.1) is 0 Å². The Morgan fingerprint density at radius 3 is 2.92 bits per heavy atom. The van der Waals surface area contributed by atoms with Crippen molar-refractivity contribution in [3.05, 3.63) is 46.4 Å². The quantitative estimate of drug-likeness (QED) is 0.493. The van der Waals surface area contributed by atoms with Crippen LogP contribution in [-0.2, 0) is 0 Å². The summed E-state index contributed by atoms with van der Waals surface area (Å²) in [6.45, 7) is 6.87. The second-order valence-electron chi connectivity index (χ2n) is 2.68. The van der Waals surface area contributed by atoms with Gasteiger partial charge >= 0.3 is 0 Å². The predicted molar refractivity (Wildman–Crippen MR) is 55.4 cm³/mol. The molecule has 13 heavy (non-hydrogen) atoms. The minimum Gasteiger partial charge on any atom is -0.361 e. The first-order chi connectivity index (χ1) is 6.31. The fourth-order valence-corrected chi connectivity index (χ4v) is 1.47. The van der Waals surface area contributed by atoms with E-state index in [-0.39, 0.29) is 0 Å². The summed E-state index contributed by atoms with van der Waals surface area (Å²) in [7, 11) is 0. The Morgan fingerprint density at radius 2 is 2.15 bits per heavy atom. The number of rotatable bonds is 0. The molecule has 0 fully saturated rings. The van der Waals surface area contributed by atoms with Crippen LogP contribution in [-0.4, -0.2) is 4.98 Å². The minimum absolute atomic E-state index is 0.623. The van der Waals surface area contributed by atoms with Crippen molar-refractivity contribution in [3.8, 4) is 0 Å². The van der Waals surface area contributed by atoms with Crippen LogP contribution in [0.5, 0.6) is 0 Å². The van der Waals surface area contributed by atoms with Crippen molar-refractivity contribution < 1.29 is 0 Å². The zero-order chi connectivity index (χ0) is 9.26. The number of nitrogens with one attached hydrogen (secondary N) is 1. The molecule has 0 unspecified atom stereocenters. The summed E-state index contributed by atoms with van der Waals surface area (Å²) in [5.41, 5.74) is 1.60.